The maximum absolute atomic E-state index is 10.1. The summed E-state index contributed by atoms with van der Waals surface area (Å²) >= 11 is 0. The lowest BCUT2D eigenvalue weighted by atomic mass is 10.1. The summed E-state index contributed by atoms with van der Waals surface area (Å²) < 4.78 is 10.5. The van der Waals surface area contributed by atoms with Gasteiger partial charge in [0.05, 0.1) is 20.3 Å². The molecule has 1 unspecified atom stereocenters. The topological polar surface area (TPSA) is 91.2 Å². The quantitative estimate of drug-likeness (QED) is 0.534. The van der Waals surface area contributed by atoms with E-state index in [-0.39, 0.29) is 23.9 Å². The molecule has 0 fully saturated rings. The van der Waals surface area contributed by atoms with E-state index in [0.717, 1.165) is 12.0 Å². The van der Waals surface area contributed by atoms with E-state index in [1.165, 1.54) is 18.2 Å². The number of phenols is 2. The van der Waals surface area contributed by atoms with E-state index in [1.807, 2.05) is 18.2 Å². The third-order valence-corrected chi connectivity index (χ3v) is 3.69. The minimum absolute atomic E-state index is 0. The summed E-state index contributed by atoms with van der Waals surface area (Å²) in [6.45, 7) is 0.980. The van der Waals surface area contributed by atoms with Crippen LogP contribution in [0.5, 0.6) is 23.0 Å². The first-order valence-electron chi connectivity index (χ1n) is 7.66. The van der Waals surface area contributed by atoms with Gasteiger partial charge in [-0.25, -0.2) is 0 Å². The molecule has 25 heavy (non-hydrogen) atoms. The molecule has 0 aliphatic heterocycles. The molecule has 2 rings (SSSR count). The Hall–Kier alpha value is -2.15. The molecule has 0 bridgehead atoms. The average Bonchev–Trinajstić information content (AvgIpc) is 2.57. The molecular formula is C18H24ClNO5. The molecule has 138 valence electrons. The summed E-state index contributed by atoms with van der Waals surface area (Å²) in [5, 5.41) is 32.1. The standard InChI is InChI=1S/C18H23NO5.ClH/c1-23-17-4-3-12(7-18(17)24-2)5-6-19-11-16(22)13-8-14(20)10-15(21)9-13;/h3-4,7-10,16,19-22H,5-6,11H2,1-2H3;1H. The van der Waals surface area contributed by atoms with Gasteiger partial charge in [-0.1, -0.05) is 6.07 Å². The van der Waals surface area contributed by atoms with Crippen molar-refractivity contribution in [1.82, 2.24) is 5.32 Å². The Bertz CT molecular complexity index is 660. The maximum Gasteiger partial charge on any atom is 0.160 e. The van der Waals surface area contributed by atoms with Gasteiger partial charge in [0, 0.05) is 12.6 Å². The Morgan fingerprint density at radius 2 is 1.60 bits per heavy atom. The lowest BCUT2D eigenvalue weighted by molar-refractivity contribution is 0.174. The van der Waals surface area contributed by atoms with E-state index < -0.39 is 6.10 Å². The number of aliphatic hydroxyl groups excluding tert-OH is 1. The highest BCUT2D eigenvalue weighted by Crippen LogP contribution is 2.27. The number of phenolic OH excluding ortho intramolecular Hbond substituents is 2. The van der Waals surface area contributed by atoms with Crippen molar-refractivity contribution in [3.63, 3.8) is 0 Å². The normalized spacial score (nSPS) is 11.5. The van der Waals surface area contributed by atoms with Crippen molar-refractivity contribution in [3.05, 3.63) is 47.5 Å². The second-order valence-corrected chi connectivity index (χ2v) is 5.44. The first kappa shape index (κ1) is 20.9. The van der Waals surface area contributed by atoms with Gasteiger partial charge in [0.2, 0.25) is 0 Å². The number of benzene rings is 2. The molecule has 0 spiro atoms. The van der Waals surface area contributed by atoms with Crippen LogP contribution in [0.1, 0.15) is 17.2 Å². The number of aliphatic hydroxyl groups is 1. The van der Waals surface area contributed by atoms with Crippen LogP contribution >= 0.6 is 12.4 Å². The average molecular weight is 370 g/mol. The highest BCUT2D eigenvalue weighted by molar-refractivity contribution is 5.85. The molecule has 2 aromatic rings. The van der Waals surface area contributed by atoms with Crippen LogP contribution in [-0.2, 0) is 6.42 Å². The number of nitrogens with one attached hydrogen (secondary N) is 1. The van der Waals surface area contributed by atoms with Gasteiger partial charge in [-0.2, -0.15) is 0 Å². The van der Waals surface area contributed by atoms with Gasteiger partial charge in [0.25, 0.3) is 0 Å². The number of hydrogen-bond acceptors (Lipinski definition) is 6. The second kappa shape index (κ2) is 9.98. The summed E-state index contributed by atoms with van der Waals surface area (Å²) in [4.78, 5) is 0. The van der Waals surface area contributed by atoms with Crippen LogP contribution in [0.3, 0.4) is 0 Å². The lowest BCUT2D eigenvalue weighted by Gasteiger charge is -2.13. The van der Waals surface area contributed by atoms with Crippen molar-refractivity contribution in [2.45, 2.75) is 12.5 Å². The Morgan fingerprint density at radius 3 is 2.20 bits per heavy atom. The van der Waals surface area contributed by atoms with Gasteiger partial charge in [0.15, 0.2) is 11.5 Å². The van der Waals surface area contributed by atoms with E-state index in [4.69, 9.17) is 9.47 Å². The highest BCUT2D eigenvalue weighted by atomic mass is 35.5. The van der Waals surface area contributed by atoms with E-state index in [0.29, 0.717) is 30.2 Å². The van der Waals surface area contributed by atoms with Crippen molar-refractivity contribution in [2.75, 3.05) is 27.3 Å². The third kappa shape index (κ3) is 6.01. The first-order chi connectivity index (χ1) is 11.5. The Morgan fingerprint density at radius 1 is 0.960 bits per heavy atom. The van der Waals surface area contributed by atoms with Gasteiger partial charge in [-0.15, -0.1) is 12.4 Å². The minimum atomic E-state index is -0.812. The molecule has 0 aliphatic rings. The Labute approximate surface area is 153 Å². The summed E-state index contributed by atoms with van der Waals surface area (Å²) in [5.74, 6) is 1.22. The maximum atomic E-state index is 10.1. The number of rotatable bonds is 8. The highest BCUT2D eigenvalue weighted by Gasteiger charge is 2.10. The summed E-state index contributed by atoms with van der Waals surface area (Å²) in [6.07, 6.45) is -0.0494. The van der Waals surface area contributed by atoms with Gasteiger partial charge < -0.3 is 30.1 Å². The molecule has 6 nitrogen and oxygen atoms in total. The van der Waals surface area contributed by atoms with E-state index in [1.54, 1.807) is 14.2 Å². The van der Waals surface area contributed by atoms with Crippen LogP contribution in [0.2, 0.25) is 0 Å². The van der Waals surface area contributed by atoms with Crippen molar-refractivity contribution in [3.8, 4) is 23.0 Å². The van der Waals surface area contributed by atoms with Crippen LogP contribution in [0, 0.1) is 0 Å². The van der Waals surface area contributed by atoms with E-state index >= 15 is 0 Å². The lowest BCUT2D eigenvalue weighted by Crippen LogP contribution is -2.23. The molecule has 1 atom stereocenters. The van der Waals surface area contributed by atoms with Crippen molar-refractivity contribution in [1.29, 1.82) is 0 Å². The molecule has 0 radical (unpaired) electrons. The Kier molecular flexibility index (Phi) is 8.34. The van der Waals surface area contributed by atoms with Crippen molar-refractivity contribution < 1.29 is 24.8 Å². The summed E-state index contributed by atoms with van der Waals surface area (Å²) in [6, 6.07) is 9.83. The predicted molar refractivity (Wildman–Crippen MR) is 98.1 cm³/mol. The van der Waals surface area contributed by atoms with Crippen LogP contribution in [0.25, 0.3) is 0 Å². The number of methoxy groups -OCH3 is 2. The zero-order chi connectivity index (χ0) is 17.5. The first-order valence-corrected chi connectivity index (χ1v) is 7.66. The van der Waals surface area contributed by atoms with E-state index in [2.05, 4.69) is 5.32 Å². The molecule has 2 aromatic carbocycles. The molecule has 0 saturated carbocycles. The smallest absolute Gasteiger partial charge is 0.160 e. The van der Waals surface area contributed by atoms with Crippen molar-refractivity contribution in [2.24, 2.45) is 0 Å². The summed E-state index contributed by atoms with van der Waals surface area (Å²) in [5.41, 5.74) is 1.55. The fourth-order valence-electron chi connectivity index (χ4n) is 2.44. The monoisotopic (exact) mass is 369 g/mol. The molecule has 0 heterocycles. The molecule has 0 aliphatic carbocycles. The number of halogens is 1. The Balaban J connectivity index is 0.00000312. The van der Waals surface area contributed by atoms with Gasteiger partial charge in [-0.3, -0.25) is 0 Å². The number of ether oxygens (including phenoxy) is 2. The molecule has 0 amide bonds. The minimum Gasteiger partial charge on any atom is -0.508 e. The second-order valence-electron chi connectivity index (χ2n) is 5.44. The number of aromatic hydroxyl groups is 2. The van der Waals surface area contributed by atoms with Crippen LogP contribution in [0.4, 0.5) is 0 Å². The predicted octanol–water partition coefficient (Wildman–Crippen LogP) is 2.40. The van der Waals surface area contributed by atoms with Crippen LogP contribution in [0.15, 0.2) is 36.4 Å². The number of hydrogen-bond donors (Lipinski definition) is 4. The SMILES string of the molecule is COc1ccc(CCNCC(O)c2cc(O)cc(O)c2)cc1OC.Cl. The van der Waals surface area contributed by atoms with Gasteiger partial charge in [0.1, 0.15) is 11.5 Å². The largest absolute Gasteiger partial charge is 0.508 e. The van der Waals surface area contributed by atoms with Crippen LogP contribution in [-0.4, -0.2) is 42.6 Å². The zero-order valence-corrected chi connectivity index (χ0v) is 15.0. The fraction of sp³-hybridized carbons (Fsp3) is 0.333. The fourth-order valence-corrected chi connectivity index (χ4v) is 2.44. The molecular weight excluding hydrogens is 346 g/mol. The van der Waals surface area contributed by atoms with Crippen molar-refractivity contribution >= 4 is 12.4 Å². The van der Waals surface area contributed by atoms with E-state index in [9.17, 15) is 15.3 Å². The molecule has 0 saturated heterocycles. The molecule has 7 heteroatoms. The van der Waals surface area contributed by atoms with Gasteiger partial charge >= 0.3 is 0 Å². The van der Waals surface area contributed by atoms with Gasteiger partial charge in [-0.05, 0) is 48.4 Å². The summed E-state index contributed by atoms with van der Waals surface area (Å²) in [7, 11) is 3.20. The van der Waals surface area contributed by atoms with Crippen LogP contribution < -0.4 is 14.8 Å². The third-order valence-electron chi connectivity index (χ3n) is 3.69. The zero-order valence-electron chi connectivity index (χ0n) is 14.2. The molecule has 4 N–H and O–H groups in total. The molecule has 0 aromatic heterocycles.